The van der Waals surface area contributed by atoms with E-state index >= 15 is 0 Å². The summed E-state index contributed by atoms with van der Waals surface area (Å²) in [5, 5.41) is 20.9. The molecule has 2 N–H and O–H groups in total. The molecule has 1 saturated heterocycles. The van der Waals surface area contributed by atoms with E-state index in [1.54, 1.807) is 11.7 Å². The number of carbonyl (C=O) groups is 2. The minimum atomic E-state index is -0.733. The van der Waals surface area contributed by atoms with E-state index < -0.39 is 17.5 Å². The highest BCUT2D eigenvalue weighted by molar-refractivity contribution is 5.85. The molecule has 9 heteroatoms. The van der Waals surface area contributed by atoms with Crippen LogP contribution in [0.1, 0.15) is 61.4 Å². The fourth-order valence-electron chi connectivity index (χ4n) is 5.03. The van der Waals surface area contributed by atoms with Gasteiger partial charge in [0, 0.05) is 31.7 Å². The minimum absolute atomic E-state index is 0.165. The molecule has 2 heterocycles. The highest BCUT2D eigenvalue weighted by atomic mass is 16.6. The summed E-state index contributed by atoms with van der Waals surface area (Å²) >= 11 is 0. The van der Waals surface area contributed by atoms with Gasteiger partial charge in [-0.3, -0.25) is 10.1 Å². The van der Waals surface area contributed by atoms with E-state index in [4.69, 9.17) is 4.74 Å². The highest BCUT2D eigenvalue weighted by Gasteiger charge is 2.51. The van der Waals surface area contributed by atoms with Crippen molar-refractivity contribution in [2.75, 3.05) is 23.3 Å². The number of carboxylic acid groups (broad SMARTS) is 1. The van der Waals surface area contributed by atoms with Crippen LogP contribution >= 0.6 is 0 Å². The summed E-state index contributed by atoms with van der Waals surface area (Å²) in [6.45, 7) is 3.50. The molecule has 188 valence electrons. The molecule has 36 heavy (non-hydrogen) atoms. The lowest BCUT2D eigenvalue weighted by molar-refractivity contribution is -0.140. The molecule has 2 fully saturated rings. The van der Waals surface area contributed by atoms with E-state index in [1.165, 1.54) is 0 Å². The van der Waals surface area contributed by atoms with Crippen molar-refractivity contribution in [3.8, 4) is 0 Å². The normalized spacial score (nSPS) is 17.9. The second-order valence-corrected chi connectivity index (χ2v) is 9.73. The Morgan fingerprint density at radius 3 is 2.36 bits per heavy atom. The maximum atomic E-state index is 12.6. The first-order valence-corrected chi connectivity index (χ1v) is 12.4. The summed E-state index contributed by atoms with van der Waals surface area (Å²) in [6, 6.07) is 17.6. The Hall–Kier alpha value is -3.88. The smallest absolute Gasteiger partial charge is 0.413 e. The van der Waals surface area contributed by atoms with E-state index in [2.05, 4.69) is 20.5 Å². The third-order valence-corrected chi connectivity index (χ3v) is 7.45. The second kappa shape index (κ2) is 9.64. The van der Waals surface area contributed by atoms with Crippen molar-refractivity contribution in [1.29, 1.82) is 0 Å². The van der Waals surface area contributed by atoms with Gasteiger partial charge in [0.2, 0.25) is 0 Å². The van der Waals surface area contributed by atoms with Crippen LogP contribution in [-0.4, -0.2) is 45.3 Å². The van der Waals surface area contributed by atoms with Crippen molar-refractivity contribution in [1.82, 2.24) is 15.0 Å². The number of aromatic nitrogens is 3. The molecule has 1 aliphatic heterocycles. The maximum absolute atomic E-state index is 12.6. The first-order valence-electron chi connectivity index (χ1n) is 12.4. The average molecular weight is 490 g/mol. The number of hydrogen-bond acceptors (Lipinski definition) is 6. The number of nitrogens with one attached hydrogen (secondary N) is 1. The van der Waals surface area contributed by atoms with E-state index in [0.29, 0.717) is 18.7 Å². The molecule has 0 unspecified atom stereocenters. The zero-order valence-electron chi connectivity index (χ0n) is 20.6. The molecule has 9 nitrogen and oxygen atoms in total. The number of hydrogen-bond donors (Lipinski definition) is 2. The topological polar surface area (TPSA) is 110 Å². The lowest BCUT2D eigenvalue weighted by Gasteiger charge is -2.33. The predicted molar refractivity (Wildman–Crippen MR) is 135 cm³/mol. The third kappa shape index (κ3) is 4.65. The minimum Gasteiger partial charge on any atom is -0.481 e. The van der Waals surface area contributed by atoms with Crippen molar-refractivity contribution in [2.24, 2.45) is 7.05 Å². The van der Waals surface area contributed by atoms with Crippen LogP contribution in [0, 0.1) is 0 Å². The molecule has 3 aromatic rings. The molecular formula is C27H31N5O4. The van der Waals surface area contributed by atoms with E-state index in [0.717, 1.165) is 48.4 Å². The zero-order valence-corrected chi connectivity index (χ0v) is 20.6. The Morgan fingerprint density at radius 1 is 1.08 bits per heavy atom. The van der Waals surface area contributed by atoms with Gasteiger partial charge in [0.25, 0.3) is 0 Å². The molecule has 5 rings (SSSR count). The maximum Gasteiger partial charge on any atom is 0.413 e. The van der Waals surface area contributed by atoms with E-state index in [1.807, 2.05) is 61.5 Å². The zero-order chi connectivity index (χ0) is 25.3. The highest BCUT2D eigenvalue weighted by Crippen LogP contribution is 2.48. The molecule has 1 aliphatic carbocycles. The van der Waals surface area contributed by atoms with Gasteiger partial charge in [-0.2, -0.15) is 0 Å². The van der Waals surface area contributed by atoms with Crippen molar-refractivity contribution >= 4 is 23.6 Å². The van der Waals surface area contributed by atoms with Crippen LogP contribution < -0.4 is 10.2 Å². The second-order valence-electron chi connectivity index (χ2n) is 9.73. The van der Waals surface area contributed by atoms with Crippen LogP contribution in [0.5, 0.6) is 0 Å². The number of carbonyl (C=O) groups excluding carboxylic acids is 1. The number of piperidine rings is 1. The van der Waals surface area contributed by atoms with Crippen LogP contribution in [0.25, 0.3) is 0 Å². The number of amides is 1. The molecule has 2 aliphatic rings. The van der Waals surface area contributed by atoms with Crippen molar-refractivity contribution in [3.63, 3.8) is 0 Å². The summed E-state index contributed by atoms with van der Waals surface area (Å²) in [6.07, 6.45) is 2.23. The summed E-state index contributed by atoms with van der Waals surface area (Å²) in [7, 11) is 1.76. The molecule has 1 aromatic heterocycles. The lowest BCUT2D eigenvalue weighted by atomic mass is 9.92. The van der Waals surface area contributed by atoms with Gasteiger partial charge in [-0.05, 0) is 55.9 Å². The number of nitrogens with zero attached hydrogens (tertiary/aromatic N) is 4. The molecular weight excluding hydrogens is 458 g/mol. The van der Waals surface area contributed by atoms with E-state index in [-0.39, 0.29) is 12.0 Å². The molecule has 1 amide bonds. The summed E-state index contributed by atoms with van der Waals surface area (Å²) < 4.78 is 7.15. The van der Waals surface area contributed by atoms with Crippen LogP contribution in [0.2, 0.25) is 0 Å². The molecule has 2 aromatic carbocycles. The van der Waals surface area contributed by atoms with Gasteiger partial charge >= 0.3 is 12.1 Å². The lowest BCUT2D eigenvalue weighted by Crippen LogP contribution is -2.33. The number of anilines is 2. The SMILES string of the molecule is C[C@@H](OC(=O)Nc1c(C2CCN(c3ccc(C4(C(=O)O)CC4)cc3)CC2)nnn1C)c1ccccc1. The quantitative estimate of drug-likeness (QED) is 0.498. The van der Waals surface area contributed by atoms with Crippen LogP contribution in [0.3, 0.4) is 0 Å². The van der Waals surface area contributed by atoms with Crippen LogP contribution in [0.4, 0.5) is 16.3 Å². The largest absolute Gasteiger partial charge is 0.481 e. The summed E-state index contributed by atoms with van der Waals surface area (Å²) in [4.78, 5) is 26.5. The van der Waals surface area contributed by atoms with Gasteiger partial charge in [-0.25, -0.2) is 9.48 Å². The fraction of sp³-hybridized carbons (Fsp3) is 0.407. The first kappa shape index (κ1) is 23.8. The standard InChI is InChI=1S/C27H31N5O4/c1-18(19-6-4-3-5-7-19)36-26(35)28-24-23(29-30-31(24)2)20-12-16-32(17-13-20)22-10-8-21(9-11-22)27(14-15-27)25(33)34/h3-11,18,20H,12-17H2,1-2H3,(H,28,35)(H,33,34)/t18-/m1/s1. The Bertz CT molecular complexity index is 1230. The summed E-state index contributed by atoms with van der Waals surface area (Å²) in [5.74, 6) is -0.00728. The number of ether oxygens (including phenoxy) is 1. The van der Waals surface area contributed by atoms with E-state index in [9.17, 15) is 14.7 Å². The first-order chi connectivity index (χ1) is 17.4. The third-order valence-electron chi connectivity index (χ3n) is 7.45. The Balaban J connectivity index is 1.20. The van der Waals surface area contributed by atoms with Gasteiger partial charge in [0.15, 0.2) is 5.82 Å². The number of rotatable bonds is 7. The van der Waals surface area contributed by atoms with Gasteiger partial charge in [0.1, 0.15) is 11.8 Å². The molecule has 0 radical (unpaired) electrons. The predicted octanol–water partition coefficient (Wildman–Crippen LogP) is 4.63. The number of aryl methyl sites for hydroxylation is 1. The van der Waals surface area contributed by atoms with Crippen molar-refractivity contribution < 1.29 is 19.4 Å². The monoisotopic (exact) mass is 489 g/mol. The number of carboxylic acids is 1. The van der Waals surface area contributed by atoms with Crippen molar-refractivity contribution in [3.05, 3.63) is 71.4 Å². The Morgan fingerprint density at radius 2 is 1.75 bits per heavy atom. The summed E-state index contributed by atoms with van der Waals surface area (Å²) in [5.41, 5.74) is 2.99. The number of benzene rings is 2. The Kier molecular flexibility index (Phi) is 6.38. The molecule has 0 spiro atoms. The molecule has 1 saturated carbocycles. The van der Waals surface area contributed by atoms with Gasteiger partial charge in [-0.1, -0.05) is 47.7 Å². The average Bonchev–Trinajstić information content (AvgIpc) is 3.64. The molecule has 0 bridgehead atoms. The Labute approximate surface area is 210 Å². The molecule has 1 atom stereocenters. The fourth-order valence-corrected chi connectivity index (χ4v) is 5.03. The van der Waals surface area contributed by atoms with Gasteiger partial charge < -0.3 is 14.7 Å². The van der Waals surface area contributed by atoms with Crippen LogP contribution in [-0.2, 0) is 22.0 Å². The van der Waals surface area contributed by atoms with Crippen LogP contribution in [0.15, 0.2) is 54.6 Å². The van der Waals surface area contributed by atoms with Crippen molar-refractivity contribution in [2.45, 2.75) is 50.0 Å². The van der Waals surface area contributed by atoms with Gasteiger partial charge in [-0.15, -0.1) is 5.10 Å². The number of aliphatic carboxylic acids is 1. The van der Waals surface area contributed by atoms with Gasteiger partial charge in [0.05, 0.1) is 5.41 Å².